The second-order valence-corrected chi connectivity index (χ2v) is 3.00. The van der Waals surface area contributed by atoms with Gasteiger partial charge in [0, 0.05) is 13.2 Å². The van der Waals surface area contributed by atoms with Crippen LogP contribution in [0.1, 0.15) is 6.42 Å². The Morgan fingerprint density at radius 2 is 2.13 bits per heavy atom. The third-order valence-corrected chi connectivity index (χ3v) is 1.99. The predicted octanol–water partition coefficient (Wildman–Crippen LogP) is -2.24. The van der Waals surface area contributed by atoms with E-state index < -0.39 is 11.0 Å². The van der Waals surface area contributed by atoms with E-state index in [4.69, 9.17) is 5.11 Å². The summed E-state index contributed by atoms with van der Waals surface area (Å²) in [7, 11) is 0. The summed E-state index contributed by atoms with van der Waals surface area (Å²) in [5.41, 5.74) is -1.35. The first-order valence-corrected chi connectivity index (χ1v) is 4.39. The van der Waals surface area contributed by atoms with Crippen LogP contribution in [0.25, 0.3) is 0 Å². The summed E-state index contributed by atoms with van der Waals surface area (Å²) in [6.45, 7) is 0.404. The quantitative estimate of drug-likeness (QED) is 0.496. The molecule has 2 heterocycles. The number of hydrogen-bond donors (Lipinski definition) is 3. The summed E-state index contributed by atoms with van der Waals surface area (Å²) < 4.78 is 1.43. The Morgan fingerprint density at radius 3 is 2.87 bits per heavy atom. The molecule has 0 aromatic rings. The van der Waals surface area contributed by atoms with Gasteiger partial charge in [-0.3, -0.25) is 19.4 Å². The van der Waals surface area contributed by atoms with Gasteiger partial charge in [0.1, 0.15) is 0 Å². The van der Waals surface area contributed by atoms with Crippen molar-refractivity contribution in [3.05, 3.63) is 31.4 Å². The molecule has 0 amide bonds. The number of aromatic amines is 2. The van der Waals surface area contributed by atoms with E-state index in [1.807, 2.05) is 0 Å². The largest absolute Gasteiger partial charge is 0.396 e. The average Bonchev–Trinajstić information content (AvgIpc) is 2.64. The van der Waals surface area contributed by atoms with Crippen LogP contribution in [0.2, 0.25) is 0 Å². The Morgan fingerprint density at radius 1 is 1.33 bits per heavy atom. The fourth-order valence-electron chi connectivity index (χ4n) is 1.30. The van der Waals surface area contributed by atoms with Crippen molar-refractivity contribution in [2.24, 2.45) is 0 Å². The number of H-pyrrole nitrogens is 2. The van der Waals surface area contributed by atoms with Crippen LogP contribution >= 0.6 is 0 Å². The second kappa shape index (κ2) is 3.65. The first kappa shape index (κ1) is 9.59. The van der Waals surface area contributed by atoms with E-state index in [9.17, 15) is 9.59 Å². The van der Waals surface area contributed by atoms with Crippen molar-refractivity contribution in [2.45, 2.75) is 13.0 Å². The van der Waals surface area contributed by atoms with Gasteiger partial charge in [-0.15, -0.1) is 10.2 Å². The van der Waals surface area contributed by atoms with Crippen molar-refractivity contribution < 1.29 is 5.11 Å². The van der Waals surface area contributed by atoms with Crippen LogP contribution in [-0.2, 0) is 6.54 Å². The number of aromatic nitrogens is 5. The zero-order chi connectivity index (χ0) is 10.8. The standard InChI is InChI=1S/C7H9N5O3/c13-3-1-2-12-4-5(14)7(15)10-8-6(4)9-11-12/h9,11,13H,1-3H2. The molecule has 0 aliphatic carbocycles. The van der Waals surface area contributed by atoms with Gasteiger partial charge in [0.05, 0.1) is 0 Å². The van der Waals surface area contributed by atoms with Crippen LogP contribution in [-0.4, -0.2) is 36.9 Å². The lowest BCUT2D eigenvalue weighted by molar-refractivity contribution is 0.275. The maximum atomic E-state index is 11.4. The summed E-state index contributed by atoms with van der Waals surface area (Å²) >= 11 is 0. The highest BCUT2D eigenvalue weighted by Gasteiger charge is 2.06. The molecule has 8 nitrogen and oxygen atoms in total. The molecule has 2 rings (SSSR count). The van der Waals surface area contributed by atoms with Crippen molar-refractivity contribution >= 4 is 0 Å². The van der Waals surface area contributed by atoms with E-state index in [2.05, 4.69) is 20.5 Å². The minimum atomic E-state index is -0.881. The van der Waals surface area contributed by atoms with Gasteiger partial charge in [-0.25, -0.2) is 5.21 Å². The Balaban J connectivity index is 2.68. The fourth-order valence-corrected chi connectivity index (χ4v) is 1.30. The van der Waals surface area contributed by atoms with Gasteiger partial charge < -0.3 is 5.11 Å². The highest BCUT2D eigenvalue weighted by Crippen LogP contribution is 1.88. The number of hydrogen-bond acceptors (Lipinski definition) is 5. The lowest BCUT2D eigenvalue weighted by Gasteiger charge is -1.98. The SMILES string of the molecule is O=c1nnc2[nH][nH]n(CCCO)c=2c1=O. The lowest BCUT2D eigenvalue weighted by atomic mass is 10.4. The van der Waals surface area contributed by atoms with Crippen LogP contribution < -0.4 is 11.0 Å². The maximum Gasteiger partial charge on any atom is 0.338 e. The Kier molecular flexibility index (Phi) is 2.34. The van der Waals surface area contributed by atoms with Crippen LogP contribution in [0, 0.1) is 10.8 Å². The Bertz CT molecular complexity index is 623. The molecule has 0 radical (unpaired) electrons. The highest BCUT2D eigenvalue weighted by atomic mass is 16.3. The van der Waals surface area contributed by atoms with Gasteiger partial charge in [-0.2, -0.15) is 0 Å². The molecule has 80 valence electrons. The number of rotatable bonds is 3. The summed E-state index contributed by atoms with van der Waals surface area (Å²) in [5, 5.41) is 20.8. The van der Waals surface area contributed by atoms with E-state index in [0.29, 0.717) is 13.0 Å². The molecule has 0 aromatic carbocycles. The van der Waals surface area contributed by atoms with E-state index >= 15 is 0 Å². The summed E-state index contributed by atoms with van der Waals surface area (Å²) in [6, 6.07) is 0. The number of nitrogens with one attached hydrogen (secondary N) is 2. The molecule has 0 fully saturated rings. The monoisotopic (exact) mass is 211 g/mol. The van der Waals surface area contributed by atoms with Crippen LogP contribution in [0.15, 0.2) is 9.59 Å². The van der Waals surface area contributed by atoms with Gasteiger partial charge in [-0.05, 0) is 6.42 Å². The topological polar surface area (TPSA) is 117 Å². The summed E-state index contributed by atoms with van der Waals surface area (Å²) in [4.78, 5) is 22.4. The van der Waals surface area contributed by atoms with Gasteiger partial charge >= 0.3 is 5.56 Å². The molecule has 0 saturated heterocycles. The van der Waals surface area contributed by atoms with Crippen molar-refractivity contribution in [3.63, 3.8) is 0 Å². The minimum Gasteiger partial charge on any atom is -0.396 e. The van der Waals surface area contributed by atoms with Crippen molar-refractivity contribution in [2.75, 3.05) is 6.61 Å². The van der Waals surface area contributed by atoms with Gasteiger partial charge in [0.2, 0.25) is 0 Å². The Labute approximate surface area is 82.2 Å². The van der Waals surface area contributed by atoms with E-state index in [1.54, 1.807) is 0 Å². The molecular formula is C7H9N5O3. The lowest BCUT2D eigenvalue weighted by Crippen LogP contribution is -2.30. The van der Waals surface area contributed by atoms with E-state index in [1.165, 1.54) is 4.68 Å². The molecular weight excluding hydrogens is 202 g/mol. The average molecular weight is 211 g/mol. The number of aryl methyl sites for hydroxylation is 1. The van der Waals surface area contributed by atoms with Crippen molar-refractivity contribution in [1.82, 2.24) is 25.2 Å². The number of aliphatic hydroxyl groups is 1. The fraction of sp³-hybridized carbons (Fsp3) is 0.429. The van der Waals surface area contributed by atoms with E-state index in [-0.39, 0.29) is 17.4 Å². The van der Waals surface area contributed by atoms with Crippen LogP contribution in [0.5, 0.6) is 0 Å². The molecule has 0 aromatic heterocycles. The van der Waals surface area contributed by atoms with Crippen molar-refractivity contribution in [1.29, 1.82) is 0 Å². The summed E-state index contributed by atoms with van der Waals surface area (Å²) in [5.74, 6) is 0. The number of aliphatic hydroxyl groups excluding tert-OH is 1. The first-order valence-electron chi connectivity index (χ1n) is 4.39. The molecule has 3 N–H and O–H groups in total. The predicted molar refractivity (Wildman–Crippen MR) is 48.3 cm³/mol. The molecule has 2 aliphatic heterocycles. The van der Waals surface area contributed by atoms with Crippen LogP contribution in [0.3, 0.4) is 0 Å². The molecule has 0 atom stereocenters. The molecule has 0 unspecified atom stereocenters. The smallest absolute Gasteiger partial charge is 0.338 e. The molecule has 8 heteroatoms. The van der Waals surface area contributed by atoms with Gasteiger partial charge in [0.25, 0.3) is 5.43 Å². The zero-order valence-corrected chi connectivity index (χ0v) is 7.73. The molecule has 0 spiro atoms. The van der Waals surface area contributed by atoms with Gasteiger partial charge in [0.15, 0.2) is 10.8 Å². The third kappa shape index (κ3) is 1.54. The summed E-state index contributed by atoms with van der Waals surface area (Å²) in [6.07, 6.45) is 0.476. The number of nitrogens with zero attached hydrogens (tertiary/aromatic N) is 3. The van der Waals surface area contributed by atoms with Gasteiger partial charge in [-0.1, -0.05) is 0 Å². The normalized spacial score (nSPS) is 11.0. The van der Waals surface area contributed by atoms with E-state index in [0.717, 1.165) is 0 Å². The second-order valence-electron chi connectivity index (χ2n) is 3.00. The first-order chi connectivity index (χ1) is 7.24. The molecule has 0 saturated carbocycles. The molecule has 0 bridgehead atoms. The van der Waals surface area contributed by atoms with Crippen molar-refractivity contribution in [3.8, 4) is 0 Å². The minimum absolute atomic E-state index is 0.00441. The highest BCUT2D eigenvalue weighted by molar-refractivity contribution is 4.90. The third-order valence-electron chi connectivity index (χ3n) is 1.99. The zero-order valence-electron chi connectivity index (χ0n) is 7.73. The maximum absolute atomic E-state index is 11.4. The molecule has 15 heavy (non-hydrogen) atoms. The Hall–Kier alpha value is -1.96. The molecule has 2 aliphatic rings. The van der Waals surface area contributed by atoms with Crippen LogP contribution in [0.4, 0.5) is 0 Å².